The molecule has 2 heterocycles. The maximum Gasteiger partial charge on any atom is 0.257 e. The summed E-state index contributed by atoms with van der Waals surface area (Å²) >= 11 is 0. The fourth-order valence-electron chi connectivity index (χ4n) is 1.79. The standard InChI is InChI=1S/C13H21N7O/c1-14-11-17-12(15-7-4-3-5-10-21-2)19-13(18-11)20-9-6-8-16-20/h6,8-9H,3-5,7,10H2,1-2H3,(H2,14,15,17,18,19). The predicted octanol–water partition coefficient (Wildman–Crippen LogP) is 1.33. The average Bonchev–Trinajstić information content (AvgIpc) is 3.05. The van der Waals surface area contributed by atoms with Crippen LogP contribution in [0.1, 0.15) is 19.3 Å². The molecule has 0 spiro atoms. The third kappa shape index (κ3) is 4.67. The minimum absolute atomic E-state index is 0.487. The summed E-state index contributed by atoms with van der Waals surface area (Å²) < 4.78 is 6.63. The Morgan fingerprint density at radius 1 is 1.14 bits per heavy atom. The third-order valence-corrected chi connectivity index (χ3v) is 2.86. The molecule has 0 aliphatic heterocycles. The number of ether oxygens (including phenoxy) is 1. The van der Waals surface area contributed by atoms with Crippen LogP contribution < -0.4 is 10.6 Å². The molecule has 2 aromatic heterocycles. The Morgan fingerprint density at radius 2 is 2.00 bits per heavy atom. The van der Waals surface area contributed by atoms with Crippen LogP contribution >= 0.6 is 0 Å². The maximum absolute atomic E-state index is 5.02. The van der Waals surface area contributed by atoms with Crippen molar-refractivity contribution < 1.29 is 4.74 Å². The summed E-state index contributed by atoms with van der Waals surface area (Å²) in [4.78, 5) is 12.9. The van der Waals surface area contributed by atoms with Crippen LogP contribution in [-0.4, -0.2) is 52.0 Å². The van der Waals surface area contributed by atoms with Gasteiger partial charge in [-0.05, 0) is 25.3 Å². The minimum Gasteiger partial charge on any atom is -0.385 e. The van der Waals surface area contributed by atoms with E-state index in [1.54, 1.807) is 31.2 Å². The monoisotopic (exact) mass is 291 g/mol. The lowest BCUT2D eigenvalue weighted by atomic mass is 10.2. The summed E-state index contributed by atoms with van der Waals surface area (Å²) in [6, 6.07) is 1.83. The van der Waals surface area contributed by atoms with Crippen LogP contribution in [0, 0.1) is 0 Å². The Hall–Kier alpha value is -2.22. The molecule has 0 aliphatic carbocycles. The molecular formula is C13H21N7O. The largest absolute Gasteiger partial charge is 0.385 e. The van der Waals surface area contributed by atoms with Gasteiger partial charge in [0.1, 0.15) is 0 Å². The van der Waals surface area contributed by atoms with Gasteiger partial charge in [0, 0.05) is 39.7 Å². The molecule has 0 fully saturated rings. The first-order valence-corrected chi connectivity index (χ1v) is 7.00. The van der Waals surface area contributed by atoms with Crippen LogP contribution in [0.25, 0.3) is 5.95 Å². The second-order valence-corrected chi connectivity index (χ2v) is 4.46. The fourth-order valence-corrected chi connectivity index (χ4v) is 1.79. The summed E-state index contributed by atoms with van der Waals surface area (Å²) in [6.07, 6.45) is 6.70. The van der Waals surface area contributed by atoms with E-state index >= 15 is 0 Å². The Labute approximate surface area is 124 Å². The van der Waals surface area contributed by atoms with E-state index in [1.165, 1.54) is 0 Å². The summed E-state index contributed by atoms with van der Waals surface area (Å²) in [5.74, 6) is 1.55. The van der Waals surface area contributed by atoms with Crippen LogP contribution in [-0.2, 0) is 4.74 Å². The summed E-state index contributed by atoms with van der Waals surface area (Å²) in [5.41, 5.74) is 0. The lowest BCUT2D eigenvalue weighted by Crippen LogP contribution is -2.12. The van der Waals surface area contributed by atoms with E-state index in [1.807, 2.05) is 6.07 Å². The van der Waals surface area contributed by atoms with Gasteiger partial charge in [0.25, 0.3) is 5.95 Å². The fraction of sp³-hybridized carbons (Fsp3) is 0.538. The molecular weight excluding hydrogens is 270 g/mol. The molecule has 0 aliphatic rings. The van der Waals surface area contributed by atoms with Crippen molar-refractivity contribution in [2.24, 2.45) is 0 Å². The molecule has 2 aromatic rings. The number of hydrogen-bond donors (Lipinski definition) is 2. The molecule has 8 nitrogen and oxygen atoms in total. The topological polar surface area (TPSA) is 89.8 Å². The highest BCUT2D eigenvalue weighted by Crippen LogP contribution is 2.08. The normalized spacial score (nSPS) is 10.6. The molecule has 2 N–H and O–H groups in total. The van der Waals surface area contributed by atoms with E-state index in [2.05, 4.69) is 30.7 Å². The van der Waals surface area contributed by atoms with Crippen LogP contribution in [0.4, 0.5) is 11.9 Å². The second-order valence-electron chi connectivity index (χ2n) is 4.46. The van der Waals surface area contributed by atoms with Gasteiger partial charge < -0.3 is 15.4 Å². The molecule has 21 heavy (non-hydrogen) atoms. The van der Waals surface area contributed by atoms with Crippen molar-refractivity contribution in [3.8, 4) is 5.95 Å². The molecule has 0 atom stereocenters. The molecule has 114 valence electrons. The Balaban J connectivity index is 1.94. The number of methoxy groups -OCH3 is 1. The van der Waals surface area contributed by atoms with Gasteiger partial charge in [0.15, 0.2) is 0 Å². The molecule has 0 bridgehead atoms. The van der Waals surface area contributed by atoms with Crippen LogP contribution in [0.5, 0.6) is 0 Å². The van der Waals surface area contributed by atoms with Gasteiger partial charge in [0.05, 0.1) is 0 Å². The van der Waals surface area contributed by atoms with E-state index in [-0.39, 0.29) is 0 Å². The molecule has 0 saturated heterocycles. The number of nitrogens with zero attached hydrogens (tertiary/aromatic N) is 5. The maximum atomic E-state index is 5.02. The molecule has 8 heteroatoms. The van der Waals surface area contributed by atoms with Crippen molar-refractivity contribution in [2.45, 2.75) is 19.3 Å². The van der Waals surface area contributed by atoms with Gasteiger partial charge in [-0.2, -0.15) is 20.1 Å². The van der Waals surface area contributed by atoms with Crippen molar-refractivity contribution in [1.82, 2.24) is 24.7 Å². The predicted molar refractivity (Wildman–Crippen MR) is 80.7 cm³/mol. The van der Waals surface area contributed by atoms with Crippen molar-refractivity contribution >= 4 is 11.9 Å². The first kappa shape index (κ1) is 15.2. The molecule has 0 unspecified atom stereocenters. The van der Waals surface area contributed by atoms with Crippen LogP contribution in [0.3, 0.4) is 0 Å². The third-order valence-electron chi connectivity index (χ3n) is 2.86. The zero-order chi connectivity index (χ0) is 14.9. The van der Waals surface area contributed by atoms with Gasteiger partial charge in [0.2, 0.25) is 11.9 Å². The summed E-state index contributed by atoms with van der Waals surface area (Å²) in [7, 11) is 3.50. The first-order chi connectivity index (χ1) is 10.3. The van der Waals surface area contributed by atoms with E-state index in [0.717, 1.165) is 32.4 Å². The molecule has 0 amide bonds. The number of hydrogen-bond acceptors (Lipinski definition) is 7. The number of unbranched alkanes of at least 4 members (excludes halogenated alkanes) is 2. The zero-order valence-corrected chi connectivity index (χ0v) is 12.4. The van der Waals surface area contributed by atoms with Crippen LogP contribution in [0.2, 0.25) is 0 Å². The molecule has 2 rings (SSSR count). The van der Waals surface area contributed by atoms with Crippen molar-refractivity contribution in [2.75, 3.05) is 37.9 Å². The molecule has 0 radical (unpaired) electrons. The Kier molecular flexibility index (Phi) is 5.89. The smallest absolute Gasteiger partial charge is 0.257 e. The Bertz CT molecular complexity index is 529. The number of nitrogens with one attached hydrogen (secondary N) is 2. The number of aromatic nitrogens is 5. The van der Waals surface area contributed by atoms with Gasteiger partial charge in [-0.1, -0.05) is 0 Å². The van der Waals surface area contributed by atoms with Crippen LogP contribution in [0.15, 0.2) is 18.5 Å². The quantitative estimate of drug-likeness (QED) is 0.673. The molecule has 0 aromatic carbocycles. The van der Waals surface area contributed by atoms with Gasteiger partial charge >= 0.3 is 0 Å². The number of rotatable bonds is 9. The summed E-state index contributed by atoms with van der Waals surface area (Å²) in [5, 5.41) is 10.3. The van der Waals surface area contributed by atoms with Gasteiger partial charge in [-0.3, -0.25) is 0 Å². The average molecular weight is 291 g/mol. The second kappa shape index (κ2) is 8.15. The van der Waals surface area contributed by atoms with Gasteiger partial charge in [-0.15, -0.1) is 0 Å². The lowest BCUT2D eigenvalue weighted by molar-refractivity contribution is 0.192. The van der Waals surface area contributed by atoms with E-state index in [0.29, 0.717) is 17.8 Å². The zero-order valence-electron chi connectivity index (χ0n) is 12.4. The minimum atomic E-state index is 0.487. The van der Waals surface area contributed by atoms with E-state index in [4.69, 9.17) is 4.74 Å². The SMILES string of the molecule is CNc1nc(NCCCCCOC)nc(-n2cccn2)n1. The van der Waals surface area contributed by atoms with Crippen molar-refractivity contribution in [3.63, 3.8) is 0 Å². The van der Waals surface area contributed by atoms with E-state index < -0.39 is 0 Å². The van der Waals surface area contributed by atoms with Crippen molar-refractivity contribution in [1.29, 1.82) is 0 Å². The summed E-state index contributed by atoms with van der Waals surface area (Å²) in [6.45, 7) is 1.62. The lowest BCUT2D eigenvalue weighted by Gasteiger charge is -2.08. The van der Waals surface area contributed by atoms with Crippen molar-refractivity contribution in [3.05, 3.63) is 18.5 Å². The number of anilines is 2. The highest BCUT2D eigenvalue weighted by molar-refractivity contribution is 5.37. The van der Waals surface area contributed by atoms with Gasteiger partial charge in [-0.25, -0.2) is 4.68 Å². The molecule has 0 saturated carbocycles. The Morgan fingerprint density at radius 3 is 2.71 bits per heavy atom. The first-order valence-electron chi connectivity index (χ1n) is 7.00. The highest BCUT2D eigenvalue weighted by atomic mass is 16.5. The van der Waals surface area contributed by atoms with E-state index in [9.17, 15) is 0 Å². The highest BCUT2D eigenvalue weighted by Gasteiger charge is 2.07.